The molecular formula is C14H24N2O2S. The molecule has 0 aliphatic heterocycles. The zero-order chi connectivity index (χ0) is 14.8. The largest absolute Gasteiger partial charge is 0.398 e. The first-order valence-electron chi connectivity index (χ1n) is 6.39. The summed E-state index contributed by atoms with van der Waals surface area (Å²) in [4.78, 5) is 0.171. The van der Waals surface area contributed by atoms with Crippen LogP contribution in [0.15, 0.2) is 17.0 Å². The van der Waals surface area contributed by atoms with Crippen molar-refractivity contribution in [1.29, 1.82) is 0 Å². The molecule has 0 atom stereocenters. The molecule has 0 spiro atoms. The highest BCUT2D eigenvalue weighted by Gasteiger charge is 2.19. The first kappa shape index (κ1) is 16.0. The van der Waals surface area contributed by atoms with Crippen molar-refractivity contribution in [2.75, 3.05) is 12.3 Å². The zero-order valence-corrected chi connectivity index (χ0v) is 13.2. The van der Waals surface area contributed by atoms with E-state index in [1.807, 2.05) is 13.8 Å². The van der Waals surface area contributed by atoms with Gasteiger partial charge < -0.3 is 5.73 Å². The van der Waals surface area contributed by atoms with Crippen LogP contribution in [0.2, 0.25) is 0 Å². The SMILES string of the molecule is Cc1cc(N)c(S(=O)(=O)NCCC(C)(C)C)cc1C. The summed E-state index contributed by atoms with van der Waals surface area (Å²) in [5, 5.41) is 0. The molecule has 0 fully saturated rings. The average molecular weight is 284 g/mol. The number of nitrogens with two attached hydrogens (primary N) is 1. The molecule has 0 amide bonds. The second-order valence-electron chi connectivity index (χ2n) is 6.18. The molecule has 0 aromatic heterocycles. The summed E-state index contributed by atoms with van der Waals surface area (Å²) in [5.74, 6) is 0. The van der Waals surface area contributed by atoms with Crippen LogP contribution in [-0.4, -0.2) is 15.0 Å². The Morgan fingerprint density at radius 2 is 1.68 bits per heavy atom. The molecule has 19 heavy (non-hydrogen) atoms. The van der Waals surface area contributed by atoms with Gasteiger partial charge in [0.05, 0.1) is 5.69 Å². The Bertz CT molecular complexity index is 558. The van der Waals surface area contributed by atoms with Crippen LogP contribution in [0.1, 0.15) is 38.3 Å². The number of aryl methyl sites for hydroxylation is 2. The third-order valence-electron chi connectivity index (χ3n) is 3.08. The van der Waals surface area contributed by atoms with Crippen LogP contribution in [0.25, 0.3) is 0 Å². The average Bonchev–Trinajstić information content (AvgIpc) is 2.20. The highest BCUT2D eigenvalue weighted by Crippen LogP contribution is 2.23. The molecule has 0 saturated carbocycles. The Morgan fingerprint density at radius 3 is 2.21 bits per heavy atom. The van der Waals surface area contributed by atoms with Gasteiger partial charge in [-0.2, -0.15) is 0 Å². The van der Waals surface area contributed by atoms with Crippen LogP contribution < -0.4 is 10.5 Å². The smallest absolute Gasteiger partial charge is 0.242 e. The number of nitrogen functional groups attached to an aromatic ring is 1. The summed E-state index contributed by atoms with van der Waals surface area (Å²) in [6.07, 6.45) is 0.775. The van der Waals surface area contributed by atoms with Gasteiger partial charge in [0.25, 0.3) is 0 Å². The summed E-state index contributed by atoms with van der Waals surface area (Å²) in [7, 11) is -3.53. The number of anilines is 1. The van der Waals surface area contributed by atoms with Gasteiger partial charge >= 0.3 is 0 Å². The minimum atomic E-state index is -3.53. The van der Waals surface area contributed by atoms with E-state index >= 15 is 0 Å². The van der Waals surface area contributed by atoms with Gasteiger partial charge in [0.15, 0.2) is 0 Å². The Morgan fingerprint density at radius 1 is 1.16 bits per heavy atom. The van der Waals surface area contributed by atoms with Gasteiger partial charge in [-0.3, -0.25) is 0 Å². The number of hydrogen-bond acceptors (Lipinski definition) is 3. The minimum Gasteiger partial charge on any atom is -0.398 e. The van der Waals surface area contributed by atoms with E-state index in [9.17, 15) is 8.42 Å². The second kappa shape index (κ2) is 5.51. The van der Waals surface area contributed by atoms with E-state index in [2.05, 4.69) is 25.5 Å². The number of benzene rings is 1. The van der Waals surface area contributed by atoms with Crippen molar-refractivity contribution in [3.63, 3.8) is 0 Å². The van der Waals surface area contributed by atoms with Crippen molar-refractivity contribution >= 4 is 15.7 Å². The first-order valence-corrected chi connectivity index (χ1v) is 7.88. The zero-order valence-electron chi connectivity index (χ0n) is 12.4. The van der Waals surface area contributed by atoms with Gasteiger partial charge in [-0.1, -0.05) is 20.8 Å². The molecule has 0 unspecified atom stereocenters. The lowest BCUT2D eigenvalue weighted by molar-refractivity contribution is 0.378. The van der Waals surface area contributed by atoms with E-state index in [1.165, 1.54) is 0 Å². The van der Waals surface area contributed by atoms with Crippen LogP contribution in [0.3, 0.4) is 0 Å². The quantitative estimate of drug-likeness (QED) is 0.835. The Hall–Kier alpha value is -1.07. The van der Waals surface area contributed by atoms with Crippen molar-refractivity contribution in [1.82, 2.24) is 4.72 Å². The van der Waals surface area contributed by atoms with Gasteiger partial charge in [-0.25, -0.2) is 13.1 Å². The standard InChI is InChI=1S/C14H24N2O2S/c1-10-8-12(15)13(9-11(10)2)19(17,18)16-7-6-14(3,4)5/h8-9,16H,6-7,15H2,1-5H3. The topological polar surface area (TPSA) is 72.2 Å². The molecule has 0 radical (unpaired) electrons. The predicted molar refractivity (Wildman–Crippen MR) is 79.6 cm³/mol. The highest BCUT2D eigenvalue weighted by atomic mass is 32.2. The van der Waals surface area contributed by atoms with Crippen molar-refractivity contribution in [2.24, 2.45) is 5.41 Å². The summed E-state index contributed by atoms with van der Waals surface area (Å²) in [5.41, 5.74) is 8.12. The summed E-state index contributed by atoms with van der Waals surface area (Å²) >= 11 is 0. The van der Waals surface area contributed by atoms with Crippen molar-refractivity contribution in [3.05, 3.63) is 23.3 Å². The van der Waals surface area contributed by atoms with Crippen LogP contribution in [-0.2, 0) is 10.0 Å². The summed E-state index contributed by atoms with van der Waals surface area (Å²) in [6.45, 7) is 10.4. The fourth-order valence-electron chi connectivity index (χ4n) is 1.68. The third-order valence-corrected chi connectivity index (χ3v) is 4.60. The molecule has 0 aliphatic rings. The maximum Gasteiger partial charge on any atom is 0.242 e. The minimum absolute atomic E-state index is 0.0945. The maximum atomic E-state index is 12.2. The van der Waals surface area contributed by atoms with Crippen LogP contribution in [0, 0.1) is 19.3 Å². The fraction of sp³-hybridized carbons (Fsp3) is 0.571. The van der Waals surface area contributed by atoms with Crippen LogP contribution in [0.5, 0.6) is 0 Å². The predicted octanol–water partition coefficient (Wildman–Crippen LogP) is 2.60. The first-order chi connectivity index (χ1) is 8.53. The van der Waals surface area contributed by atoms with E-state index < -0.39 is 10.0 Å². The van der Waals surface area contributed by atoms with Crippen molar-refractivity contribution in [3.8, 4) is 0 Å². The van der Waals surface area contributed by atoms with Gasteiger partial charge in [0.1, 0.15) is 4.90 Å². The lowest BCUT2D eigenvalue weighted by Gasteiger charge is -2.18. The molecule has 4 nitrogen and oxygen atoms in total. The third kappa shape index (κ3) is 4.51. The Balaban J connectivity index is 2.92. The molecule has 0 aliphatic carbocycles. The number of hydrogen-bond donors (Lipinski definition) is 2. The van der Waals surface area contributed by atoms with Crippen LogP contribution >= 0.6 is 0 Å². The Labute approximate surface area is 116 Å². The van der Waals surface area contributed by atoms with Gasteiger partial charge in [-0.05, 0) is 48.9 Å². The lowest BCUT2D eigenvalue weighted by Crippen LogP contribution is -2.28. The monoisotopic (exact) mass is 284 g/mol. The van der Waals surface area contributed by atoms with Crippen molar-refractivity contribution < 1.29 is 8.42 Å². The number of rotatable bonds is 4. The normalized spacial score (nSPS) is 12.7. The molecule has 0 saturated heterocycles. The van der Waals surface area contributed by atoms with E-state index in [-0.39, 0.29) is 10.3 Å². The van der Waals surface area contributed by atoms with E-state index in [1.54, 1.807) is 12.1 Å². The summed E-state index contributed by atoms with van der Waals surface area (Å²) in [6, 6.07) is 3.33. The number of sulfonamides is 1. The highest BCUT2D eigenvalue weighted by molar-refractivity contribution is 7.89. The fourth-order valence-corrected chi connectivity index (χ4v) is 2.91. The molecule has 0 bridgehead atoms. The van der Waals surface area contributed by atoms with Crippen molar-refractivity contribution in [2.45, 2.75) is 45.9 Å². The van der Waals surface area contributed by atoms with Crippen LogP contribution in [0.4, 0.5) is 5.69 Å². The molecule has 1 aromatic carbocycles. The van der Waals surface area contributed by atoms with Gasteiger partial charge in [0, 0.05) is 6.54 Å². The molecule has 1 rings (SSSR count). The molecule has 0 heterocycles. The molecular weight excluding hydrogens is 260 g/mol. The number of nitrogens with one attached hydrogen (secondary N) is 1. The molecule has 3 N–H and O–H groups in total. The van der Waals surface area contributed by atoms with Gasteiger partial charge in [0.2, 0.25) is 10.0 Å². The Kier molecular flexibility index (Phi) is 4.63. The summed E-state index contributed by atoms with van der Waals surface area (Å²) < 4.78 is 27.0. The lowest BCUT2D eigenvalue weighted by atomic mass is 9.93. The maximum absolute atomic E-state index is 12.2. The molecule has 108 valence electrons. The van der Waals surface area contributed by atoms with Gasteiger partial charge in [-0.15, -0.1) is 0 Å². The molecule has 5 heteroatoms. The molecule has 1 aromatic rings. The second-order valence-corrected chi connectivity index (χ2v) is 7.92. The van der Waals surface area contributed by atoms with E-state index in [0.29, 0.717) is 12.2 Å². The van der Waals surface area contributed by atoms with E-state index in [4.69, 9.17) is 5.73 Å². The van der Waals surface area contributed by atoms with E-state index in [0.717, 1.165) is 17.5 Å².